The second kappa shape index (κ2) is 9.82. The van der Waals surface area contributed by atoms with Crippen molar-refractivity contribution in [1.29, 1.82) is 0 Å². The lowest BCUT2D eigenvalue weighted by molar-refractivity contribution is -0.119. The van der Waals surface area contributed by atoms with E-state index in [1.54, 1.807) is 48.5 Å². The van der Waals surface area contributed by atoms with E-state index >= 15 is 0 Å². The number of benzene rings is 2. The first-order chi connectivity index (χ1) is 14.5. The fourth-order valence-corrected chi connectivity index (χ4v) is 3.87. The Kier molecular flexibility index (Phi) is 7.18. The molecule has 1 N–H and O–H groups in total. The molecule has 0 atom stereocenters. The standard InChI is InChI=1S/C23H25NO5S/c1-15(2)14-29-18-9-7-16(8-10-18)20-21(30-12-11-25)23(27)24(22(20)26)17-5-4-6-19(13-17)28-3/h4-10,13,15,25H,11-12,14H2,1-3H3. The first-order valence-electron chi connectivity index (χ1n) is 9.70. The predicted molar refractivity (Wildman–Crippen MR) is 119 cm³/mol. The molecule has 0 radical (unpaired) electrons. The van der Waals surface area contributed by atoms with Gasteiger partial charge in [-0.25, -0.2) is 4.90 Å². The van der Waals surface area contributed by atoms with Crippen LogP contribution in [0.3, 0.4) is 0 Å². The Labute approximate surface area is 180 Å². The Morgan fingerprint density at radius 1 is 1.03 bits per heavy atom. The fraction of sp³-hybridized carbons (Fsp3) is 0.304. The zero-order chi connectivity index (χ0) is 21.7. The molecule has 0 aromatic heterocycles. The summed E-state index contributed by atoms with van der Waals surface area (Å²) in [5.74, 6) is 1.18. The number of aliphatic hydroxyl groups excluding tert-OH is 1. The largest absolute Gasteiger partial charge is 0.497 e. The first kappa shape index (κ1) is 21.9. The summed E-state index contributed by atoms with van der Waals surface area (Å²) >= 11 is 1.18. The van der Waals surface area contributed by atoms with E-state index in [0.29, 0.717) is 51.5 Å². The molecule has 0 bridgehead atoms. The number of imide groups is 1. The number of hydrogen-bond acceptors (Lipinski definition) is 6. The molecule has 1 aliphatic heterocycles. The Morgan fingerprint density at radius 2 is 1.77 bits per heavy atom. The molecule has 0 spiro atoms. The summed E-state index contributed by atoms with van der Waals surface area (Å²) in [4.78, 5) is 27.9. The highest BCUT2D eigenvalue weighted by molar-refractivity contribution is 8.04. The molecule has 0 saturated heterocycles. The Bertz CT molecular complexity index is 952. The number of carbonyl (C=O) groups is 2. The molecule has 0 fully saturated rings. The topological polar surface area (TPSA) is 76.1 Å². The zero-order valence-electron chi connectivity index (χ0n) is 17.3. The van der Waals surface area contributed by atoms with Crippen molar-refractivity contribution in [1.82, 2.24) is 0 Å². The van der Waals surface area contributed by atoms with Gasteiger partial charge in [-0.15, -0.1) is 11.8 Å². The maximum Gasteiger partial charge on any atom is 0.272 e. The van der Waals surface area contributed by atoms with Gasteiger partial charge in [-0.2, -0.15) is 0 Å². The van der Waals surface area contributed by atoms with Gasteiger partial charge in [-0.3, -0.25) is 9.59 Å². The van der Waals surface area contributed by atoms with Crippen molar-refractivity contribution in [3.63, 3.8) is 0 Å². The maximum absolute atomic E-state index is 13.3. The van der Waals surface area contributed by atoms with Crippen molar-refractivity contribution < 1.29 is 24.2 Å². The number of thioether (sulfide) groups is 1. The quantitative estimate of drug-likeness (QED) is 0.615. The molecule has 158 valence electrons. The van der Waals surface area contributed by atoms with Crippen LogP contribution in [-0.2, 0) is 9.59 Å². The van der Waals surface area contributed by atoms with E-state index in [0.717, 1.165) is 4.90 Å². The third kappa shape index (κ3) is 4.68. The van der Waals surface area contributed by atoms with E-state index in [2.05, 4.69) is 13.8 Å². The van der Waals surface area contributed by atoms with Crippen molar-refractivity contribution in [2.75, 3.05) is 31.0 Å². The molecule has 0 saturated carbocycles. The number of hydrogen-bond donors (Lipinski definition) is 1. The normalized spacial score (nSPS) is 14.1. The zero-order valence-corrected chi connectivity index (χ0v) is 18.1. The van der Waals surface area contributed by atoms with Crippen LogP contribution in [0.15, 0.2) is 53.4 Å². The van der Waals surface area contributed by atoms with E-state index in [4.69, 9.17) is 9.47 Å². The molecule has 0 aliphatic carbocycles. The molecule has 30 heavy (non-hydrogen) atoms. The third-order valence-electron chi connectivity index (χ3n) is 4.42. The summed E-state index contributed by atoms with van der Waals surface area (Å²) in [6.45, 7) is 4.64. The monoisotopic (exact) mass is 427 g/mol. The predicted octanol–water partition coefficient (Wildman–Crippen LogP) is 3.74. The molecule has 7 heteroatoms. The smallest absolute Gasteiger partial charge is 0.272 e. The second-order valence-electron chi connectivity index (χ2n) is 7.15. The molecule has 2 aromatic rings. The van der Waals surface area contributed by atoms with Gasteiger partial charge < -0.3 is 14.6 Å². The van der Waals surface area contributed by atoms with Gasteiger partial charge in [0.25, 0.3) is 11.8 Å². The average molecular weight is 428 g/mol. The van der Waals surface area contributed by atoms with Crippen LogP contribution in [0, 0.1) is 5.92 Å². The van der Waals surface area contributed by atoms with Crippen molar-refractivity contribution in [3.8, 4) is 11.5 Å². The molecule has 1 heterocycles. The van der Waals surface area contributed by atoms with Gasteiger partial charge in [0.05, 0.1) is 36.5 Å². The summed E-state index contributed by atoms with van der Waals surface area (Å²) in [5, 5.41) is 9.24. The van der Waals surface area contributed by atoms with E-state index in [9.17, 15) is 14.7 Å². The Morgan fingerprint density at radius 3 is 2.40 bits per heavy atom. The molecular weight excluding hydrogens is 402 g/mol. The number of carbonyl (C=O) groups excluding carboxylic acids is 2. The van der Waals surface area contributed by atoms with Crippen LogP contribution < -0.4 is 14.4 Å². The Hall–Kier alpha value is -2.77. The number of anilines is 1. The maximum atomic E-state index is 13.3. The molecule has 3 rings (SSSR count). The average Bonchev–Trinajstić information content (AvgIpc) is 3.00. The lowest BCUT2D eigenvalue weighted by atomic mass is 10.1. The summed E-state index contributed by atoms with van der Waals surface area (Å²) in [6, 6.07) is 14.0. The molecule has 2 aromatic carbocycles. The van der Waals surface area contributed by atoms with Crippen molar-refractivity contribution in [2.45, 2.75) is 13.8 Å². The van der Waals surface area contributed by atoms with E-state index in [1.807, 2.05) is 0 Å². The molecular formula is C23H25NO5S. The number of ether oxygens (including phenoxy) is 2. The van der Waals surface area contributed by atoms with Crippen molar-refractivity contribution >= 4 is 34.8 Å². The minimum Gasteiger partial charge on any atom is -0.497 e. The van der Waals surface area contributed by atoms with Crippen LogP contribution in [0.4, 0.5) is 5.69 Å². The highest BCUT2D eigenvalue weighted by Crippen LogP contribution is 2.39. The number of aliphatic hydroxyl groups is 1. The van der Waals surface area contributed by atoms with E-state index < -0.39 is 11.8 Å². The fourth-order valence-electron chi connectivity index (χ4n) is 3.01. The van der Waals surface area contributed by atoms with Gasteiger partial charge in [0.15, 0.2) is 0 Å². The van der Waals surface area contributed by atoms with Crippen LogP contribution in [0.25, 0.3) is 5.57 Å². The van der Waals surface area contributed by atoms with Crippen LogP contribution in [-0.4, -0.2) is 43.0 Å². The van der Waals surface area contributed by atoms with Gasteiger partial charge >= 0.3 is 0 Å². The van der Waals surface area contributed by atoms with Crippen LogP contribution in [0.2, 0.25) is 0 Å². The van der Waals surface area contributed by atoms with Gasteiger partial charge in [0.2, 0.25) is 0 Å². The van der Waals surface area contributed by atoms with Crippen molar-refractivity contribution in [2.24, 2.45) is 5.92 Å². The minimum absolute atomic E-state index is 0.0932. The number of methoxy groups -OCH3 is 1. The van der Waals surface area contributed by atoms with Crippen LogP contribution >= 0.6 is 11.8 Å². The van der Waals surface area contributed by atoms with Gasteiger partial charge in [-0.05, 0) is 35.7 Å². The molecule has 1 aliphatic rings. The highest BCUT2D eigenvalue weighted by atomic mass is 32.2. The van der Waals surface area contributed by atoms with Crippen molar-refractivity contribution in [3.05, 3.63) is 59.0 Å². The second-order valence-corrected chi connectivity index (χ2v) is 8.26. The number of amides is 2. The molecule has 0 unspecified atom stereocenters. The van der Waals surface area contributed by atoms with Crippen LogP contribution in [0.5, 0.6) is 11.5 Å². The SMILES string of the molecule is COc1cccc(N2C(=O)C(SCCO)=C(c3ccc(OCC(C)C)cc3)C2=O)c1. The van der Waals surface area contributed by atoms with E-state index in [1.165, 1.54) is 18.9 Å². The summed E-state index contributed by atoms with van der Waals surface area (Å²) in [6.07, 6.45) is 0. The third-order valence-corrected chi connectivity index (χ3v) is 5.47. The highest BCUT2D eigenvalue weighted by Gasteiger charge is 2.40. The first-order valence-corrected chi connectivity index (χ1v) is 10.7. The summed E-state index contributed by atoms with van der Waals surface area (Å²) in [7, 11) is 1.53. The summed E-state index contributed by atoms with van der Waals surface area (Å²) < 4.78 is 10.9. The Balaban J connectivity index is 1.95. The van der Waals surface area contributed by atoms with Gasteiger partial charge in [0.1, 0.15) is 11.5 Å². The lowest BCUT2D eigenvalue weighted by Gasteiger charge is -2.16. The lowest BCUT2D eigenvalue weighted by Crippen LogP contribution is -2.31. The number of rotatable bonds is 9. The number of nitrogens with zero attached hydrogens (tertiary/aromatic N) is 1. The van der Waals surface area contributed by atoms with E-state index in [-0.39, 0.29) is 6.61 Å². The van der Waals surface area contributed by atoms with Gasteiger partial charge in [0, 0.05) is 11.8 Å². The van der Waals surface area contributed by atoms with Gasteiger partial charge in [-0.1, -0.05) is 32.0 Å². The van der Waals surface area contributed by atoms with Crippen LogP contribution in [0.1, 0.15) is 19.4 Å². The minimum atomic E-state index is -0.401. The molecule has 6 nitrogen and oxygen atoms in total. The summed E-state index contributed by atoms with van der Waals surface area (Å²) in [5.41, 5.74) is 1.41. The molecule has 2 amide bonds.